The van der Waals surface area contributed by atoms with Gasteiger partial charge in [0.2, 0.25) is 11.8 Å². The lowest BCUT2D eigenvalue weighted by molar-refractivity contribution is -0.146. The number of carboxylic acid groups (broad SMARTS) is 1. The molecule has 0 spiro atoms. The Labute approximate surface area is 221 Å². The first-order chi connectivity index (χ1) is 18.2. The van der Waals surface area contributed by atoms with Gasteiger partial charge in [-0.2, -0.15) is 0 Å². The number of hydrogen-bond donors (Lipinski definition) is 2. The van der Waals surface area contributed by atoms with Crippen molar-refractivity contribution < 1.29 is 33.4 Å². The lowest BCUT2D eigenvalue weighted by Crippen LogP contribution is -2.53. The fraction of sp³-hybridized carbons (Fsp3) is 0.571. The zero-order valence-electron chi connectivity index (χ0n) is 21.5. The number of benzene rings is 1. The molecule has 3 amide bonds. The maximum Gasteiger partial charge on any atom is 0.410 e. The number of rotatable bonds is 2. The van der Waals surface area contributed by atoms with E-state index in [1.807, 2.05) is 19.1 Å². The van der Waals surface area contributed by atoms with Crippen LogP contribution in [0.25, 0.3) is 0 Å². The number of ether oxygens (including phenoxy) is 1. The third-order valence-corrected chi connectivity index (χ3v) is 8.34. The summed E-state index contributed by atoms with van der Waals surface area (Å²) in [7, 11) is 0. The highest BCUT2D eigenvalue weighted by Crippen LogP contribution is 2.45. The Balaban J connectivity index is 1.32. The maximum atomic E-state index is 14.1. The Kier molecular flexibility index (Phi) is 7.15. The molecule has 4 aliphatic rings. The summed E-state index contributed by atoms with van der Waals surface area (Å²) in [5.41, 5.74) is -0.204. The minimum absolute atomic E-state index is 0.0472. The van der Waals surface area contributed by atoms with Gasteiger partial charge in [0.1, 0.15) is 23.5 Å². The molecule has 3 heterocycles. The second-order valence-corrected chi connectivity index (χ2v) is 11.0. The summed E-state index contributed by atoms with van der Waals surface area (Å²) in [5, 5.41) is 12.6. The Morgan fingerprint density at radius 1 is 1.18 bits per heavy atom. The van der Waals surface area contributed by atoms with E-state index in [1.54, 1.807) is 12.1 Å². The van der Waals surface area contributed by atoms with Crippen LogP contribution in [0.15, 0.2) is 30.4 Å². The van der Waals surface area contributed by atoms with E-state index in [4.69, 9.17) is 4.74 Å². The molecule has 1 aromatic rings. The Hall–Kier alpha value is -3.43. The predicted octanol–water partition coefficient (Wildman–Crippen LogP) is 3.36. The molecular weight excluding hydrogens is 493 g/mol. The standard InChI is InChI=1S/C28H34FN3O6/c1-17-8-5-3-2-4-6-10-19-13-28(19,26(35)36)30-24(33)23-12-20(15-32(23)25(17)34)38-27(37)31-14-18-9-7-11-22(29)21(18)16-31/h6-7,9-11,17,19-20,23H,2-5,8,12-16H2,1H3,(H,30,33)(H,35,36)/b10-6-/t17-,19-,20+,23-,28+/m0/s1. The lowest BCUT2D eigenvalue weighted by Gasteiger charge is -2.27. The van der Waals surface area contributed by atoms with Crippen LogP contribution in [0, 0.1) is 17.7 Å². The highest BCUT2D eigenvalue weighted by Gasteiger charge is 2.61. The summed E-state index contributed by atoms with van der Waals surface area (Å²) in [4.78, 5) is 54.7. The third kappa shape index (κ3) is 5.00. The van der Waals surface area contributed by atoms with Crippen molar-refractivity contribution in [1.82, 2.24) is 15.1 Å². The van der Waals surface area contributed by atoms with Crippen LogP contribution in [0.3, 0.4) is 0 Å². The molecule has 10 heteroatoms. The van der Waals surface area contributed by atoms with Gasteiger partial charge in [-0.15, -0.1) is 0 Å². The highest BCUT2D eigenvalue weighted by atomic mass is 19.1. The van der Waals surface area contributed by atoms with E-state index in [-0.39, 0.29) is 49.6 Å². The summed E-state index contributed by atoms with van der Waals surface area (Å²) >= 11 is 0. The largest absolute Gasteiger partial charge is 0.479 e. The fourth-order valence-electron chi connectivity index (χ4n) is 5.93. The third-order valence-electron chi connectivity index (χ3n) is 8.34. The molecule has 5 atom stereocenters. The summed E-state index contributed by atoms with van der Waals surface area (Å²) in [6.07, 6.45) is 7.13. The van der Waals surface area contributed by atoms with Gasteiger partial charge in [-0.1, -0.05) is 44.1 Å². The topological polar surface area (TPSA) is 116 Å². The number of halogens is 1. The number of carbonyl (C=O) groups is 4. The van der Waals surface area contributed by atoms with Crippen LogP contribution in [0.5, 0.6) is 0 Å². The van der Waals surface area contributed by atoms with Gasteiger partial charge >= 0.3 is 12.1 Å². The number of nitrogens with zero attached hydrogens (tertiary/aromatic N) is 2. The van der Waals surface area contributed by atoms with E-state index >= 15 is 0 Å². The van der Waals surface area contributed by atoms with Gasteiger partial charge in [0.25, 0.3) is 0 Å². The molecule has 38 heavy (non-hydrogen) atoms. The van der Waals surface area contributed by atoms with E-state index in [9.17, 15) is 28.7 Å². The maximum absolute atomic E-state index is 14.1. The molecule has 1 saturated carbocycles. The molecule has 1 aromatic carbocycles. The second-order valence-electron chi connectivity index (χ2n) is 11.0. The van der Waals surface area contributed by atoms with E-state index in [0.717, 1.165) is 31.2 Å². The fourth-order valence-corrected chi connectivity index (χ4v) is 5.93. The lowest BCUT2D eigenvalue weighted by atomic mass is 10.0. The van der Waals surface area contributed by atoms with Gasteiger partial charge in [0, 0.05) is 30.4 Å². The number of amides is 3. The number of carboxylic acids is 1. The summed E-state index contributed by atoms with van der Waals surface area (Å²) in [6, 6.07) is 3.77. The smallest absolute Gasteiger partial charge is 0.410 e. The van der Waals surface area contributed by atoms with Crippen LogP contribution in [-0.4, -0.2) is 63.0 Å². The normalized spacial score (nSPS) is 32.3. The van der Waals surface area contributed by atoms with Gasteiger partial charge in [-0.25, -0.2) is 14.0 Å². The molecule has 2 N–H and O–H groups in total. The van der Waals surface area contributed by atoms with E-state index in [1.165, 1.54) is 15.9 Å². The van der Waals surface area contributed by atoms with Crippen molar-refractivity contribution in [1.29, 1.82) is 0 Å². The minimum atomic E-state index is -1.38. The number of hydrogen-bond acceptors (Lipinski definition) is 5. The van der Waals surface area contributed by atoms with Crippen molar-refractivity contribution in [3.05, 3.63) is 47.3 Å². The minimum Gasteiger partial charge on any atom is -0.479 e. The molecule has 0 aromatic heterocycles. The Morgan fingerprint density at radius 2 is 2.00 bits per heavy atom. The number of nitrogens with one attached hydrogen (secondary N) is 1. The van der Waals surface area contributed by atoms with Crippen molar-refractivity contribution in [3.8, 4) is 0 Å². The van der Waals surface area contributed by atoms with E-state index in [2.05, 4.69) is 5.32 Å². The van der Waals surface area contributed by atoms with Crippen molar-refractivity contribution in [2.75, 3.05) is 6.54 Å². The number of allylic oxidation sites excluding steroid dienone is 1. The molecule has 2 fully saturated rings. The summed E-state index contributed by atoms with van der Waals surface area (Å²) in [5.74, 6) is -2.85. The zero-order chi connectivity index (χ0) is 27.0. The first-order valence-electron chi connectivity index (χ1n) is 13.4. The molecule has 5 rings (SSSR count). The number of carbonyl (C=O) groups excluding carboxylic acids is 3. The van der Waals surface area contributed by atoms with Gasteiger partial charge in [-0.05, 0) is 37.3 Å². The van der Waals surface area contributed by atoms with Crippen LogP contribution < -0.4 is 5.32 Å². The van der Waals surface area contributed by atoms with Crippen molar-refractivity contribution >= 4 is 23.9 Å². The van der Waals surface area contributed by atoms with Crippen molar-refractivity contribution in [2.45, 2.75) is 82.6 Å². The van der Waals surface area contributed by atoms with Crippen LogP contribution in [0.4, 0.5) is 9.18 Å². The highest BCUT2D eigenvalue weighted by molar-refractivity contribution is 5.95. The van der Waals surface area contributed by atoms with Crippen LogP contribution >= 0.6 is 0 Å². The molecule has 0 bridgehead atoms. The molecule has 0 unspecified atom stereocenters. The molecule has 0 radical (unpaired) electrons. The molecule has 1 saturated heterocycles. The molecule has 204 valence electrons. The van der Waals surface area contributed by atoms with E-state index in [0.29, 0.717) is 18.4 Å². The first kappa shape index (κ1) is 26.2. The first-order valence-corrected chi connectivity index (χ1v) is 13.4. The van der Waals surface area contributed by atoms with Gasteiger partial charge < -0.3 is 20.1 Å². The predicted molar refractivity (Wildman–Crippen MR) is 134 cm³/mol. The SMILES string of the molecule is C[C@H]1CCCCC/C=C\[C@H]2C[C@@]2(C(=O)O)NC(=O)[C@@H]2C[C@@H](OC(=O)N3Cc4cccc(F)c4C3)CN2C1=O. The molecular formula is C28H34FN3O6. The van der Waals surface area contributed by atoms with Crippen molar-refractivity contribution in [2.24, 2.45) is 11.8 Å². The van der Waals surface area contributed by atoms with Gasteiger partial charge in [-0.3, -0.25) is 14.5 Å². The average molecular weight is 528 g/mol. The Morgan fingerprint density at radius 3 is 2.76 bits per heavy atom. The number of aliphatic carboxylic acids is 1. The van der Waals surface area contributed by atoms with Gasteiger partial charge in [0.05, 0.1) is 13.1 Å². The average Bonchev–Trinajstić information content (AvgIpc) is 3.21. The number of fused-ring (bicyclic) bond motifs is 3. The van der Waals surface area contributed by atoms with Crippen LogP contribution in [0.2, 0.25) is 0 Å². The second kappa shape index (κ2) is 10.4. The van der Waals surface area contributed by atoms with Gasteiger partial charge in [0.15, 0.2) is 0 Å². The Bertz CT molecular complexity index is 1170. The zero-order valence-corrected chi connectivity index (χ0v) is 21.5. The van der Waals surface area contributed by atoms with Crippen molar-refractivity contribution in [3.63, 3.8) is 0 Å². The van der Waals surface area contributed by atoms with Crippen LogP contribution in [-0.2, 0) is 32.2 Å². The summed E-state index contributed by atoms with van der Waals surface area (Å²) < 4.78 is 19.9. The molecule has 9 nitrogen and oxygen atoms in total. The molecule has 3 aliphatic heterocycles. The summed E-state index contributed by atoms with van der Waals surface area (Å²) in [6.45, 7) is 2.19. The van der Waals surface area contributed by atoms with E-state index < -0.39 is 35.7 Å². The monoisotopic (exact) mass is 527 g/mol. The quantitative estimate of drug-likeness (QED) is 0.570. The van der Waals surface area contributed by atoms with Crippen LogP contribution in [0.1, 0.15) is 63.0 Å². The molecule has 1 aliphatic carbocycles.